The molecule has 1 N–H and O–H groups in total. The van der Waals surface area contributed by atoms with Crippen molar-refractivity contribution in [2.24, 2.45) is 5.92 Å². The molecule has 2 rings (SSSR count). The van der Waals surface area contributed by atoms with E-state index in [2.05, 4.69) is 39.4 Å². The van der Waals surface area contributed by atoms with Crippen LogP contribution in [0.5, 0.6) is 0 Å². The van der Waals surface area contributed by atoms with Crippen LogP contribution in [0.4, 0.5) is 4.79 Å². The molecule has 0 bridgehead atoms. The van der Waals surface area contributed by atoms with Crippen LogP contribution in [0, 0.1) is 5.92 Å². The number of nitrogens with one attached hydrogen (secondary N) is 1. The van der Waals surface area contributed by atoms with Gasteiger partial charge < -0.3 is 15.0 Å². The monoisotopic (exact) mass is 396 g/mol. The Morgan fingerprint density at radius 3 is 2.83 bits per heavy atom. The normalized spacial score (nSPS) is 18.5. The first kappa shape index (κ1) is 19.3. The smallest absolute Gasteiger partial charge is 0.410 e. The number of benzene rings is 1. The zero-order chi connectivity index (χ0) is 17.6. The molecule has 1 heterocycles. The summed E-state index contributed by atoms with van der Waals surface area (Å²) in [6.07, 6.45) is 3.04. The molecule has 1 aliphatic heterocycles. The molecule has 1 atom stereocenters. The predicted octanol–water partition coefficient (Wildman–Crippen LogP) is 4.23. The van der Waals surface area contributed by atoms with Gasteiger partial charge in [0.15, 0.2) is 0 Å². The molecule has 4 nitrogen and oxygen atoms in total. The third kappa shape index (κ3) is 6.44. The number of carbonyl (C=O) groups excluding carboxylic acids is 1. The number of nitrogens with zero attached hydrogens (tertiary/aromatic N) is 1. The number of halogens is 1. The minimum Gasteiger partial charge on any atom is -0.444 e. The number of hydrogen-bond acceptors (Lipinski definition) is 3. The summed E-state index contributed by atoms with van der Waals surface area (Å²) >= 11 is 3.59. The highest BCUT2D eigenvalue weighted by molar-refractivity contribution is 9.10. The van der Waals surface area contributed by atoms with Crippen LogP contribution in [0.25, 0.3) is 0 Å². The molecule has 134 valence electrons. The summed E-state index contributed by atoms with van der Waals surface area (Å²) in [6.45, 7) is 9.23. The number of amides is 1. The van der Waals surface area contributed by atoms with E-state index in [9.17, 15) is 4.79 Å². The van der Waals surface area contributed by atoms with E-state index >= 15 is 0 Å². The number of rotatable bonds is 5. The van der Waals surface area contributed by atoms with Crippen molar-refractivity contribution in [2.75, 3.05) is 26.2 Å². The molecule has 0 aromatic heterocycles. The van der Waals surface area contributed by atoms with Gasteiger partial charge in [-0.3, -0.25) is 0 Å². The molecule has 1 aromatic carbocycles. The second-order valence-corrected chi connectivity index (χ2v) is 8.33. The van der Waals surface area contributed by atoms with Crippen molar-refractivity contribution in [3.63, 3.8) is 0 Å². The Hall–Kier alpha value is -1.07. The van der Waals surface area contributed by atoms with Crippen molar-refractivity contribution in [3.8, 4) is 0 Å². The zero-order valence-electron chi connectivity index (χ0n) is 15.0. The topological polar surface area (TPSA) is 41.6 Å². The largest absolute Gasteiger partial charge is 0.444 e. The third-order valence-corrected chi connectivity index (χ3v) is 4.91. The van der Waals surface area contributed by atoms with Crippen molar-refractivity contribution in [3.05, 3.63) is 34.3 Å². The van der Waals surface area contributed by atoms with Gasteiger partial charge in [-0.15, -0.1) is 0 Å². The van der Waals surface area contributed by atoms with E-state index in [0.717, 1.165) is 39.0 Å². The van der Waals surface area contributed by atoms with Crippen LogP contribution in [0.3, 0.4) is 0 Å². The van der Waals surface area contributed by atoms with E-state index in [0.29, 0.717) is 5.92 Å². The van der Waals surface area contributed by atoms with Crippen LogP contribution in [-0.4, -0.2) is 42.8 Å². The molecular formula is C19H29BrN2O2. The lowest BCUT2D eigenvalue weighted by Crippen LogP contribution is -2.45. The Balaban J connectivity index is 1.71. The number of carbonyl (C=O) groups is 1. The zero-order valence-corrected chi connectivity index (χ0v) is 16.6. The maximum Gasteiger partial charge on any atom is 0.410 e. The molecule has 0 saturated carbocycles. The van der Waals surface area contributed by atoms with Gasteiger partial charge in [-0.2, -0.15) is 0 Å². The van der Waals surface area contributed by atoms with Crippen LogP contribution >= 0.6 is 15.9 Å². The molecule has 1 saturated heterocycles. The van der Waals surface area contributed by atoms with Gasteiger partial charge in [0.25, 0.3) is 0 Å². The average molecular weight is 397 g/mol. The lowest BCUT2D eigenvalue weighted by atomic mass is 9.98. The summed E-state index contributed by atoms with van der Waals surface area (Å²) in [6, 6.07) is 8.33. The molecule has 0 spiro atoms. The van der Waals surface area contributed by atoms with Crippen LogP contribution in [0.2, 0.25) is 0 Å². The minimum absolute atomic E-state index is 0.180. The highest BCUT2D eigenvalue weighted by atomic mass is 79.9. The van der Waals surface area contributed by atoms with Crippen LogP contribution in [0.15, 0.2) is 28.7 Å². The SMILES string of the molecule is CC(C)(C)OC(=O)N1CCC[C@H](CNCCc2ccccc2Br)C1. The fourth-order valence-corrected chi connectivity index (χ4v) is 3.44. The molecule has 5 heteroatoms. The Morgan fingerprint density at radius 1 is 1.38 bits per heavy atom. The van der Waals surface area contributed by atoms with Gasteiger partial charge in [-0.05, 0) is 70.7 Å². The molecule has 0 aliphatic carbocycles. The Kier molecular flexibility index (Phi) is 7.11. The lowest BCUT2D eigenvalue weighted by Gasteiger charge is -2.34. The standard InChI is InChI=1S/C19H29BrN2O2/c1-19(2,3)24-18(23)22-12-6-7-15(14-22)13-21-11-10-16-8-4-5-9-17(16)20/h4-5,8-9,15,21H,6-7,10-14H2,1-3H3/t15-/m1/s1. The highest BCUT2D eigenvalue weighted by Crippen LogP contribution is 2.19. The number of piperidine rings is 1. The molecule has 1 aromatic rings. The summed E-state index contributed by atoms with van der Waals surface area (Å²) in [5.74, 6) is 0.505. The van der Waals surface area contributed by atoms with E-state index in [4.69, 9.17) is 4.74 Å². The van der Waals surface area contributed by atoms with Gasteiger partial charge in [-0.25, -0.2) is 4.79 Å². The Labute approximate surface area is 154 Å². The quantitative estimate of drug-likeness (QED) is 0.757. The van der Waals surface area contributed by atoms with Crippen LogP contribution < -0.4 is 5.32 Å². The van der Waals surface area contributed by atoms with Gasteiger partial charge in [0, 0.05) is 17.6 Å². The van der Waals surface area contributed by atoms with E-state index in [1.165, 1.54) is 16.5 Å². The molecule has 24 heavy (non-hydrogen) atoms. The van der Waals surface area contributed by atoms with Gasteiger partial charge in [0.2, 0.25) is 0 Å². The molecule has 1 aliphatic rings. The second kappa shape index (κ2) is 8.86. The number of likely N-dealkylation sites (tertiary alicyclic amines) is 1. The van der Waals surface area contributed by atoms with E-state index < -0.39 is 5.60 Å². The van der Waals surface area contributed by atoms with Crippen molar-refractivity contribution in [1.29, 1.82) is 0 Å². The van der Waals surface area contributed by atoms with E-state index in [1.807, 2.05) is 31.7 Å². The third-order valence-electron chi connectivity index (χ3n) is 4.13. The summed E-state index contributed by atoms with van der Waals surface area (Å²) in [5.41, 5.74) is 0.898. The fourth-order valence-electron chi connectivity index (χ4n) is 2.95. The van der Waals surface area contributed by atoms with E-state index in [1.54, 1.807) is 0 Å². The fraction of sp³-hybridized carbons (Fsp3) is 0.632. The average Bonchev–Trinajstić information content (AvgIpc) is 2.52. The Morgan fingerprint density at radius 2 is 2.12 bits per heavy atom. The summed E-state index contributed by atoms with van der Waals surface area (Å²) < 4.78 is 6.65. The second-order valence-electron chi connectivity index (χ2n) is 7.48. The lowest BCUT2D eigenvalue weighted by molar-refractivity contribution is 0.0166. The first-order valence-corrected chi connectivity index (χ1v) is 9.56. The van der Waals surface area contributed by atoms with Crippen molar-refractivity contribution in [1.82, 2.24) is 10.2 Å². The van der Waals surface area contributed by atoms with Crippen LogP contribution in [-0.2, 0) is 11.2 Å². The molecule has 0 radical (unpaired) electrons. The maximum absolute atomic E-state index is 12.2. The summed E-state index contributed by atoms with van der Waals surface area (Å²) in [4.78, 5) is 14.0. The van der Waals surface area contributed by atoms with Crippen molar-refractivity contribution >= 4 is 22.0 Å². The molecule has 1 fully saturated rings. The molecule has 1 amide bonds. The van der Waals surface area contributed by atoms with Crippen molar-refractivity contribution in [2.45, 2.75) is 45.6 Å². The van der Waals surface area contributed by atoms with Gasteiger partial charge in [0.05, 0.1) is 0 Å². The first-order valence-electron chi connectivity index (χ1n) is 8.77. The molecular weight excluding hydrogens is 368 g/mol. The summed E-state index contributed by atoms with van der Waals surface area (Å²) in [7, 11) is 0. The first-order chi connectivity index (χ1) is 11.3. The van der Waals surface area contributed by atoms with Gasteiger partial charge in [-0.1, -0.05) is 34.1 Å². The number of ether oxygens (including phenoxy) is 1. The minimum atomic E-state index is -0.425. The van der Waals surface area contributed by atoms with Gasteiger partial charge in [0.1, 0.15) is 5.60 Å². The highest BCUT2D eigenvalue weighted by Gasteiger charge is 2.27. The van der Waals surface area contributed by atoms with Crippen molar-refractivity contribution < 1.29 is 9.53 Å². The van der Waals surface area contributed by atoms with Crippen LogP contribution in [0.1, 0.15) is 39.2 Å². The molecule has 0 unspecified atom stereocenters. The predicted molar refractivity (Wildman–Crippen MR) is 101 cm³/mol. The number of hydrogen-bond donors (Lipinski definition) is 1. The Bertz CT molecular complexity index is 542. The van der Waals surface area contributed by atoms with E-state index in [-0.39, 0.29) is 6.09 Å². The maximum atomic E-state index is 12.2. The summed E-state index contributed by atoms with van der Waals surface area (Å²) in [5, 5.41) is 3.54. The van der Waals surface area contributed by atoms with Gasteiger partial charge >= 0.3 is 6.09 Å².